The summed E-state index contributed by atoms with van der Waals surface area (Å²) in [5.74, 6) is 0.0909. The van der Waals surface area contributed by atoms with Crippen LogP contribution in [-0.4, -0.2) is 38.3 Å². The van der Waals surface area contributed by atoms with E-state index in [4.69, 9.17) is 4.74 Å². The normalized spacial score (nSPS) is 10.8. The van der Waals surface area contributed by atoms with Crippen LogP contribution in [0, 0.1) is 0 Å². The van der Waals surface area contributed by atoms with Crippen LogP contribution < -0.4 is 10.6 Å². The van der Waals surface area contributed by atoms with Crippen LogP contribution in [0.2, 0.25) is 0 Å². The molecular weight excluding hydrogens is 216 g/mol. The maximum atomic E-state index is 11.5. The first-order valence-electron chi connectivity index (χ1n) is 6.82. The lowest BCUT2D eigenvalue weighted by Gasteiger charge is -2.14. The molecule has 0 bridgehead atoms. The van der Waals surface area contributed by atoms with E-state index in [-0.39, 0.29) is 5.91 Å². The molecule has 4 heteroatoms. The summed E-state index contributed by atoms with van der Waals surface area (Å²) in [4.78, 5) is 11.5. The van der Waals surface area contributed by atoms with Crippen molar-refractivity contribution in [1.29, 1.82) is 0 Å². The number of hydrogen-bond donors (Lipinski definition) is 2. The molecule has 0 aliphatic rings. The Morgan fingerprint density at radius 3 is 2.47 bits per heavy atom. The number of nitrogens with one attached hydrogen (secondary N) is 2. The average molecular weight is 244 g/mol. The summed E-state index contributed by atoms with van der Waals surface area (Å²) < 4.78 is 5.35. The molecule has 0 rings (SSSR count). The Labute approximate surface area is 105 Å². The summed E-state index contributed by atoms with van der Waals surface area (Å²) in [6.07, 6.45) is 4.00. The molecule has 102 valence electrons. The van der Waals surface area contributed by atoms with Gasteiger partial charge >= 0.3 is 0 Å². The van der Waals surface area contributed by atoms with Crippen molar-refractivity contribution < 1.29 is 9.53 Å². The van der Waals surface area contributed by atoms with Gasteiger partial charge < -0.3 is 15.4 Å². The van der Waals surface area contributed by atoms with Gasteiger partial charge in [0, 0.05) is 19.3 Å². The van der Waals surface area contributed by atoms with Gasteiger partial charge in [-0.15, -0.1) is 0 Å². The number of carbonyl (C=O) groups excluding carboxylic acids is 1. The first kappa shape index (κ1) is 16.4. The summed E-state index contributed by atoms with van der Waals surface area (Å²) in [5, 5.41) is 6.12. The Kier molecular flexibility index (Phi) is 11.4. The van der Waals surface area contributed by atoms with Crippen molar-refractivity contribution in [2.75, 3.05) is 26.3 Å². The summed E-state index contributed by atoms with van der Waals surface area (Å²) in [6.45, 7) is 9.12. The third-order valence-electron chi connectivity index (χ3n) is 2.63. The molecule has 0 aromatic carbocycles. The van der Waals surface area contributed by atoms with Crippen LogP contribution in [0.1, 0.15) is 46.5 Å². The van der Waals surface area contributed by atoms with Gasteiger partial charge in [0.2, 0.25) is 5.91 Å². The summed E-state index contributed by atoms with van der Waals surface area (Å²) in [7, 11) is 0. The molecule has 2 N–H and O–H groups in total. The molecular formula is C13H28N2O2. The molecule has 1 amide bonds. The van der Waals surface area contributed by atoms with Crippen molar-refractivity contribution in [3.63, 3.8) is 0 Å². The molecule has 0 saturated carbocycles. The summed E-state index contributed by atoms with van der Waals surface area (Å²) in [5.41, 5.74) is 0. The molecule has 0 saturated heterocycles. The zero-order valence-electron chi connectivity index (χ0n) is 11.6. The number of amides is 1. The molecule has 0 aliphatic heterocycles. The van der Waals surface area contributed by atoms with Crippen LogP contribution in [-0.2, 0) is 9.53 Å². The van der Waals surface area contributed by atoms with Crippen molar-refractivity contribution in [1.82, 2.24) is 10.6 Å². The second-order valence-electron chi connectivity index (χ2n) is 4.22. The highest BCUT2D eigenvalue weighted by molar-refractivity contribution is 5.78. The van der Waals surface area contributed by atoms with Gasteiger partial charge in [0.25, 0.3) is 0 Å². The van der Waals surface area contributed by atoms with Gasteiger partial charge in [-0.05, 0) is 32.2 Å². The molecule has 0 aliphatic carbocycles. The van der Waals surface area contributed by atoms with Crippen molar-refractivity contribution >= 4 is 5.91 Å². The van der Waals surface area contributed by atoms with E-state index >= 15 is 0 Å². The second-order valence-corrected chi connectivity index (χ2v) is 4.22. The lowest BCUT2D eigenvalue weighted by molar-refractivity contribution is -0.121. The van der Waals surface area contributed by atoms with E-state index in [1.165, 1.54) is 0 Å². The summed E-state index contributed by atoms with van der Waals surface area (Å²) >= 11 is 0. The van der Waals surface area contributed by atoms with Gasteiger partial charge in [-0.1, -0.05) is 20.8 Å². The Hall–Kier alpha value is -0.610. The van der Waals surface area contributed by atoms with Crippen LogP contribution in [0.25, 0.3) is 0 Å². The van der Waals surface area contributed by atoms with Gasteiger partial charge in [0.1, 0.15) is 0 Å². The Bertz CT molecular complexity index is 182. The quantitative estimate of drug-likeness (QED) is 0.544. The minimum absolute atomic E-state index is 0.0909. The molecule has 0 radical (unpaired) electrons. The predicted molar refractivity (Wildman–Crippen MR) is 71.1 cm³/mol. The largest absolute Gasteiger partial charge is 0.381 e. The molecule has 0 unspecified atom stereocenters. The monoisotopic (exact) mass is 244 g/mol. The van der Waals surface area contributed by atoms with Crippen molar-refractivity contribution in [2.45, 2.75) is 52.5 Å². The topological polar surface area (TPSA) is 50.4 Å². The number of ether oxygens (including phenoxy) is 1. The van der Waals surface area contributed by atoms with Crippen LogP contribution in [0.3, 0.4) is 0 Å². The maximum absolute atomic E-state index is 11.5. The highest BCUT2D eigenvalue weighted by Crippen LogP contribution is 1.94. The minimum Gasteiger partial charge on any atom is -0.381 e. The zero-order chi connectivity index (χ0) is 12.9. The maximum Gasteiger partial charge on any atom is 0.234 e. The fraction of sp³-hybridized carbons (Fsp3) is 0.923. The van der Waals surface area contributed by atoms with E-state index in [2.05, 4.69) is 31.4 Å². The first-order chi connectivity index (χ1) is 8.24. The van der Waals surface area contributed by atoms with Gasteiger partial charge in [-0.3, -0.25) is 4.79 Å². The molecule has 4 nitrogen and oxygen atoms in total. The Morgan fingerprint density at radius 1 is 1.18 bits per heavy atom. The molecule has 0 heterocycles. The third kappa shape index (κ3) is 10.3. The summed E-state index contributed by atoms with van der Waals surface area (Å²) in [6, 6.07) is 0.317. The van der Waals surface area contributed by atoms with Crippen LogP contribution in [0.5, 0.6) is 0 Å². The van der Waals surface area contributed by atoms with Crippen molar-refractivity contribution in [3.8, 4) is 0 Å². The molecule has 0 aromatic rings. The molecule has 17 heavy (non-hydrogen) atoms. The smallest absolute Gasteiger partial charge is 0.234 e. The Morgan fingerprint density at radius 2 is 1.88 bits per heavy atom. The van der Waals surface area contributed by atoms with Crippen molar-refractivity contribution in [2.24, 2.45) is 0 Å². The fourth-order valence-electron chi connectivity index (χ4n) is 1.52. The van der Waals surface area contributed by atoms with Crippen LogP contribution >= 0.6 is 0 Å². The zero-order valence-corrected chi connectivity index (χ0v) is 11.6. The molecule has 0 fully saturated rings. The highest BCUT2D eigenvalue weighted by atomic mass is 16.5. The second kappa shape index (κ2) is 11.9. The van der Waals surface area contributed by atoms with E-state index in [0.29, 0.717) is 12.6 Å². The van der Waals surface area contributed by atoms with E-state index in [9.17, 15) is 4.79 Å². The molecule has 0 spiro atoms. The lowest BCUT2D eigenvalue weighted by atomic mass is 10.2. The van der Waals surface area contributed by atoms with Gasteiger partial charge in [0.15, 0.2) is 0 Å². The lowest BCUT2D eigenvalue weighted by Crippen LogP contribution is -2.40. The van der Waals surface area contributed by atoms with E-state index in [1.807, 2.05) is 0 Å². The highest BCUT2D eigenvalue weighted by Gasteiger charge is 2.06. The number of carbonyl (C=O) groups is 1. The standard InChI is InChI=1S/C13H28N2O2/c1-4-9-17-10-7-8-14-11-13(16)15-12(5-2)6-3/h12,14H,4-11H2,1-3H3,(H,15,16). The van der Waals surface area contributed by atoms with Gasteiger partial charge in [-0.25, -0.2) is 0 Å². The average Bonchev–Trinajstić information content (AvgIpc) is 2.34. The first-order valence-corrected chi connectivity index (χ1v) is 6.82. The number of rotatable bonds is 11. The third-order valence-corrected chi connectivity index (χ3v) is 2.63. The number of hydrogen-bond acceptors (Lipinski definition) is 3. The molecule has 0 atom stereocenters. The van der Waals surface area contributed by atoms with E-state index in [1.54, 1.807) is 0 Å². The SMILES string of the molecule is CCCOCCCNCC(=O)NC(CC)CC. The fourth-order valence-corrected chi connectivity index (χ4v) is 1.52. The van der Waals surface area contributed by atoms with E-state index in [0.717, 1.165) is 45.4 Å². The Balaban J connectivity index is 3.33. The van der Waals surface area contributed by atoms with Crippen LogP contribution in [0.15, 0.2) is 0 Å². The van der Waals surface area contributed by atoms with E-state index < -0.39 is 0 Å². The van der Waals surface area contributed by atoms with Gasteiger partial charge in [-0.2, -0.15) is 0 Å². The van der Waals surface area contributed by atoms with Crippen molar-refractivity contribution in [3.05, 3.63) is 0 Å². The predicted octanol–water partition coefficient (Wildman–Crippen LogP) is 1.70. The molecule has 0 aromatic heterocycles. The van der Waals surface area contributed by atoms with Gasteiger partial charge in [0.05, 0.1) is 6.54 Å². The minimum atomic E-state index is 0.0909. The van der Waals surface area contributed by atoms with Crippen LogP contribution in [0.4, 0.5) is 0 Å².